The van der Waals surface area contributed by atoms with Crippen molar-refractivity contribution < 1.29 is 57.3 Å². The Morgan fingerprint density at radius 3 is 0.951 bits per heavy atom. The molecule has 632 valence electrons. The molecule has 0 aliphatic carbocycles. The molecule has 0 aliphatic heterocycles. The van der Waals surface area contributed by atoms with E-state index in [9.17, 15) is 57.5 Å². The normalized spacial score (nSPS) is 11.6. The molecule has 12 rings (SSSR count). The maximum Gasteiger partial charge on any atom is 0.360 e. The van der Waals surface area contributed by atoms with E-state index in [0.717, 1.165) is 62.5 Å². The summed E-state index contributed by atoms with van der Waals surface area (Å²) in [6, 6.07) is 37.0. The minimum Gasteiger partial charge on any atom is -0.458 e. The van der Waals surface area contributed by atoms with Crippen molar-refractivity contribution in [2.45, 2.75) is 174 Å². The lowest BCUT2D eigenvalue weighted by Crippen LogP contribution is -2.33. The largest absolute Gasteiger partial charge is 0.458 e. The molecule has 0 saturated heterocycles. The van der Waals surface area contributed by atoms with Crippen LogP contribution < -0.4 is 43.5 Å². The second kappa shape index (κ2) is 41.1. The minimum atomic E-state index is -0.789. The molecule has 0 amide bonds. The van der Waals surface area contributed by atoms with Gasteiger partial charge in [-0.2, -0.15) is 20.4 Å². The zero-order valence-electron chi connectivity index (χ0n) is 70.8. The van der Waals surface area contributed by atoms with Crippen LogP contribution in [-0.4, -0.2) is 118 Å². The van der Waals surface area contributed by atoms with Crippen LogP contribution in [0.25, 0.3) is 21.5 Å². The Kier molecular flexibility index (Phi) is 30.7. The number of ether oxygens (including phenoxy) is 4. The summed E-state index contributed by atoms with van der Waals surface area (Å²) in [6.45, 7) is 28.8. The minimum absolute atomic E-state index is 0.0173. The molecule has 8 aromatic heterocycles. The van der Waals surface area contributed by atoms with Crippen molar-refractivity contribution in [2.75, 3.05) is 21.3 Å². The lowest BCUT2D eigenvalue weighted by Gasteiger charge is -2.21. The number of hydrogen-bond donors (Lipinski definition) is 4. The van der Waals surface area contributed by atoms with E-state index in [-0.39, 0.29) is 100 Å². The summed E-state index contributed by atoms with van der Waals surface area (Å²) < 4.78 is 26.5. The number of carbonyl (C=O) groups excluding carboxylic acids is 8. The van der Waals surface area contributed by atoms with E-state index in [4.69, 9.17) is 18.9 Å². The third-order valence-corrected chi connectivity index (χ3v) is 18.8. The highest BCUT2D eigenvalue weighted by molar-refractivity contribution is 6.12. The Hall–Kier alpha value is -14.7. The lowest BCUT2D eigenvalue weighted by molar-refractivity contribution is 0.00567. The number of aryl methyl sites for hydroxylation is 6. The van der Waals surface area contributed by atoms with E-state index in [1.54, 1.807) is 131 Å². The van der Waals surface area contributed by atoms with Gasteiger partial charge in [0, 0.05) is 72.5 Å². The monoisotopic (exact) mass is 1660 g/mol. The van der Waals surface area contributed by atoms with Crippen molar-refractivity contribution in [3.8, 4) is 0 Å². The molecule has 12 aromatic rings. The quantitative estimate of drug-likeness (QED) is 0.0222. The standard InChI is InChI=1S/C26H24N4O4.C23H24N4O4.C22H24N4O4.C19H24N4O4/c1-4-30-25(32)23(28-21-15-27-14-19-12-8-9-13-20(19)21)22(16(2)31)24(29-30)26(33)34-17(3)18-10-6-5-7-11-18;1-5-27-22(29)20(25-18-13-24-12-11-14(18)2)19(15(3)28)21(26-27)23(30)31-16(4)17-9-7-6-8-10-17;1-5-13(3)30-22(29)20-18(14(4)27)19(21(28)26(6-2)25-20)24-17-12-23-11-15-9-7-8-10-16(15)17;1-7-23-17(25)15(21-13-10-20-9-8-11(13)2)14(12(3)24)16(22-23)18(26)27-19(4,5)6/h5-15,17,28H,4H2,1-3H3;6-13,16,25H,5H2,1-4H3;7-13,24H,5-6H2,1-4H3;8-10,21H,7H2,1-6H3. The summed E-state index contributed by atoms with van der Waals surface area (Å²) in [4.78, 5) is 170. The molecule has 32 nitrogen and oxygen atoms in total. The number of esters is 4. The van der Waals surface area contributed by atoms with Crippen LogP contribution in [-0.2, 0) is 45.1 Å². The Morgan fingerprint density at radius 2 is 0.656 bits per heavy atom. The van der Waals surface area contributed by atoms with Crippen LogP contribution in [0.2, 0.25) is 0 Å². The number of fused-ring (bicyclic) bond motifs is 2. The van der Waals surface area contributed by atoms with E-state index < -0.39 is 87.1 Å². The second-order valence-electron chi connectivity index (χ2n) is 28.8. The molecule has 0 saturated carbocycles. The predicted molar refractivity (Wildman–Crippen MR) is 462 cm³/mol. The Labute approximate surface area is 702 Å². The van der Waals surface area contributed by atoms with Gasteiger partial charge >= 0.3 is 23.9 Å². The van der Waals surface area contributed by atoms with Gasteiger partial charge in [0.2, 0.25) is 0 Å². The maximum atomic E-state index is 13.2. The fourth-order valence-corrected chi connectivity index (χ4v) is 12.4. The van der Waals surface area contributed by atoms with Crippen LogP contribution in [0, 0.1) is 13.8 Å². The smallest absolute Gasteiger partial charge is 0.360 e. The average molecular weight is 1660 g/mol. The van der Waals surface area contributed by atoms with Crippen LogP contribution in [0.1, 0.15) is 228 Å². The van der Waals surface area contributed by atoms with E-state index in [0.29, 0.717) is 29.2 Å². The topological polar surface area (TPSA) is 413 Å². The summed E-state index contributed by atoms with van der Waals surface area (Å²) in [5, 5.41) is 31.9. The van der Waals surface area contributed by atoms with Crippen LogP contribution in [0.5, 0.6) is 0 Å². The van der Waals surface area contributed by atoms with Gasteiger partial charge in [0.15, 0.2) is 45.9 Å². The molecule has 4 N–H and O–H groups in total. The zero-order valence-corrected chi connectivity index (χ0v) is 70.8. The van der Waals surface area contributed by atoms with Gasteiger partial charge in [0.25, 0.3) is 22.2 Å². The van der Waals surface area contributed by atoms with Gasteiger partial charge in [0.1, 0.15) is 40.6 Å². The Balaban J connectivity index is 0.000000185. The van der Waals surface area contributed by atoms with E-state index in [1.807, 2.05) is 130 Å². The van der Waals surface area contributed by atoms with Crippen molar-refractivity contribution in [1.29, 1.82) is 0 Å². The number of anilines is 8. The molecule has 3 unspecified atom stereocenters. The van der Waals surface area contributed by atoms with Gasteiger partial charge in [-0.3, -0.25) is 58.3 Å². The predicted octanol–water partition coefficient (Wildman–Crippen LogP) is 15.1. The number of benzene rings is 4. The molecule has 0 fully saturated rings. The fraction of sp³-hybridized carbons (Fsp3) is 0.289. The van der Waals surface area contributed by atoms with Crippen molar-refractivity contribution in [2.24, 2.45) is 0 Å². The van der Waals surface area contributed by atoms with Gasteiger partial charge in [0.05, 0.1) is 75.9 Å². The lowest BCUT2D eigenvalue weighted by atomic mass is 10.1. The molecule has 32 heteroatoms. The summed E-state index contributed by atoms with van der Waals surface area (Å²) in [5.74, 6) is -4.96. The number of Topliss-reactive ketones (excluding diaryl/α,β-unsaturated/α-hetero) is 4. The first-order chi connectivity index (χ1) is 58.1. The third-order valence-electron chi connectivity index (χ3n) is 18.8. The van der Waals surface area contributed by atoms with Gasteiger partial charge in [-0.15, -0.1) is 0 Å². The van der Waals surface area contributed by atoms with Crippen LogP contribution in [0.4, 0.5) is 45.5 Å². The van der Waals surface area contributed by atoms with Gasteiger partial charge in [-0.1, -0.05) is 116 Å². The van der Waals surface area contributed by atoms with E-state index >= 15 is 0 Å². The number of hydrogen-bond acceptors (Lipinski definition) is 28. The van der Waals surface area contributed by atoms with Crippen molar-refractivity contribution in [1.82, 2.24) is 59.1 Å². The van der Waals surface area contributed by atoms with Crippen LogP contribution in [0.15, 0.2) is 190 Å². The molecule has 4 aromatic carbocycles. The second-order valence-corrected chi connectivity index (χ2v) is 28.8. The number of pyridine rings is 4. The average Bonchev–Trinajstić information content (AvgIpc) is 0.786. The molecule has 0 radical (unpaired) electrons. The molecule has 3 atom stereocenters. The van der Waals surface area contributed by atoms with Crippen molar-refractivity contribution >= 4 is 114 Å². The summed E-state index contributed by atoms with van der Waals surface area (Å²) in [7, 11) is 0. The van der Waals surface area contributed by atoms with Crippen molar-refractivity contribution in [3.05, 3.63) is 280 Å². The highest BCUT2D eigenvalue weighted by atomic mass is 16.6. The molecule has 122 heavy (non-hydrogen) atoms. The van der Waals surface area contributed by atoms with E-state index in [1.165, 1.54) is 27.7 Å². The first kappa shape index (κ1) is 91.2. The highest BCUT2D eigenvalue weighted by Gasteiger charge is 2.34. The molecule has 0 aliphatic rings. The van der Waals surface area contributed by atoms with Crippen LogP contribution in [0.3, 0.4) is 0 Å². The zero-order chi connectivity index (χ0) is 89.0. The molecule has 0 bridgehead atoms. The SMILES string of the molecule is CCC(C)OC(=O)c1nn(CC)c(=O)c(Nc2cncc3ccccc23)c1C(C)=O.CCn1nc(C(=O)OC(C)(C)C)c(C(C)=O)c(Nc2cnccc2C)c1=O.CCn1nc(C(=O)OC(C)c2ccccc2)c(C(C)=O)c(Nc2cncc3ccccc23)c1=O.CCn1nc(C(=O)OC(C)c2ccccc2)c(C(C)=O)c(Nc2cnccc2C)c1=O. The van der Waals surface area contributed by atoms with Gasteiger partial charge < -0.3 is 40.2 Å². The number of rotatable bonds is 26. The number of aromatic nitrogens is 12. The fourth-order valence-electron chi connectivity index (χ4n) is 12.4. The van der Waals surface area contributed by atoms with Crippen molar-refractivity contribution in [3.63, 3.8) is 0 Å². The summed E-state index contributed by atoms with van der Waals surface area (Å²) >= 11 is 0. The molecular formula is C90H96N16O16. The molecule has 8 heterocycles. The number of nitrogens with zero attached hydrogens (tertiary/aromatic N) is 12. The maximum absolute atomic E-state index is 13.2. The molecule has 0 spiro atoms. The van der Waals surface area contributed by atoms with Gasteiger partial charge in [-0.05, 0) is 152 Å². The summed E-state index contributed by atoms with van der Waals surface area (Å²) in [5.41, 5.74) is 1.31. The Bertz CT molecular complexity index is 6190. The third kappa shape index (κ3) is 22.0. The van der Waals surface area contributed by atoms with E-state index in [2.05, 4.69) is 61.6 Å². The molecular weight excluding hydrogens is 1560 g/mol. The summed E-state index contributed by atoms with van der Waals surface area (Å²) in [6.07, 6.45) is 12.0. The highest BCUT2D eigenvalue weighted by Crippen LogP contribution is 2.32. The van der Waals surface area contributed by atoms with Gasteiger partial charge in [-0.25, -0.2) is 37.9 Å². The number of nitrogens with one attached hydrogen (secondary N) is 4. The first-order valence-corrected chi connectivity index (χ1v) is 39.3. The first-order valence-electron chi connectivity index (χ1n) is 39.3. The number of carbonyl (C=O) groups is 8. The van der Waals surface area contributed by atoms with Crippen LogP contribution >= 0.6 is 0 Å². The Morgan fingerprint density at radius 1 is 0.369 bits per heavy atom. The number of ketones is 4.